The summed E-state index contributed by atoms with van der Waals surface area (Å²) in [7, 11) is 0. The van der Waals surface area contributed by atoms with E-state index in [1.54, 1.807) is 60.9 Å². The maximum Gasteiger partial charge on any atom is 0.253 e. The lowest BCUT2D eigenvalue weighted by Crippen LogP contribution is -2.56. The van der Waals surface area contributed by atoms with Crippen LogP contribution in [0, 0.1) is 11.5 Å². The molecule has 0 aliphatic heterocycles. The molecule has 1 unspecified atom stereocenters. The number of aliphatic imine (C=N–C) groups is 1. The van der Waals surface area contributed by atoms with Crippen molar-refractivity contribution in [3.63, 3.8) is 0 Å². The molecule has 0 radical (unpaired) electrons. The molecule has 1 heterocycles. The van der Waals surface area contributed by atoms with Crippen molar-refractivity contribution in [2.24, 2.45) is 4.99 Å². The highest BCUT2D eigenvalue weighted by Gasteiger charge is 2.41. The number of nitrogens with zero attached hydrogens (tertiary/aromatic N) is 3. The summed E-state index contributed by atoms with van der Waals surface area (Å²) in [5.41, 5.74) is 0.935. The second-order valence-corrected chi connectivity index (χ2v) is 7.27. The van der Waals surface area contributed by atoms with Crippen molar-refractivity contribution >= 4 is 29.2 Å². The Hall–Kier alpha value is -3.71. The van der Waals surface area contributed by atoms with Crippen LogP contribution in [0.3, 0.4) is 0 Å². The highest BCUT2D eigenvalue weighted by molar-refractivity contribution is 6.30. The number of carbonyl (C=O) groups excluding carboxylic acids is 1. The number of ether oxygens (including phenoxy) is 2. The SMILES string of the molecule is C=CCOC(CC)(OCC=C)C(/N=C(\NC#N)Nc1cccnc1)NC(=O)c1ccc(Cl)cc1. The molecule has 0 saturated carbocycles. The lowest BCUT2D eigenvalue weighted by molar-refractivity contribution is -0.242. The van der Waals surface area contributed by atoms with Gasteiger partial charge in [-0.25, -0.2) is 4.99 Å². The fourth-order valence-corrected chi connectivity index (χ4v) is 3.02. The van der Waals surface area contributed by atoms with Crippen molar-refractivity contribution in [3.05, 3.63) is 84.7 Å². The van der Waals surface area contributed by atoms with E-state index in [1.165, 1.54) is 0 Å². The Morgan fingerprint density at radius 2 is 1.94 bits per heavy atom. The first-order chi connectivity index (χ1) is 16.5. The zero-order valence-corrected chi connectivity index (χ0v) is 19.6. The molecule has 2 rings (SSSR count). The van der Waals surface area contributed by atoms with Gasteiger partial charge in [-0.1, -0.05) is 30.7 Å². The van der Waals surface area contributed by atoms with Gasteiger partial charge in [-0.05, 0) is 36.4 Å². The largest absolute Gasteiger partial charge is 0.342 e. The van der Waals surface area contributed by atoms with Crippen molar-refractivity contribution in [1.29, 1.82) is 5.26 Å². The van der Waals surface area contributed by atoms with E-state index >= 15 is 0 Å². The molecule has 9 nitrogen and oxygen atoms in total. The summed E-state index contributed by atoms with van der Waals surface area (Å²) in [6.07, 6.45) is 7.35. The number of rotatable bonds is 12. The van der Waals surface area contributed by atoms with Gasteiger partial charge in [0.1, 0.15) is 0 Å². The Kier molecular flexibility index (Phi) is 10.7. The van der Waals surface area contributed by atoms with Gasteiger partial charge in [0.05, 0.1) is 25.1 Å². The molecule has 0 aliphatic rings. The third kappa shape index (κ3) is 7.71. The van der Waals surface area contributed by atoms with Crippen molar-refractivity contribution in [2.75, 3.05) is 18.5 Å². The van der Waals surface area contributed by atoms with E-state index < -0.39 is 17.9 Å². The number of benzene rings is 1. The Bertz CT molecular complexity index is 1010. The first-order valence-corrected chi connectivity index (χ1v) is 10.8. The number of carbonyl (C=O) groups is 1. The van der Waals surface area contributed by atoms with Gasteiger partial charge in [0.15, 0.2) is 12.4 Å². The summed E-state index contributed by atoms with van der Waals surface area (Å²) < 4.78 is 12.0. The molecule has 0 aliphatic carbocycles. The van der Waals surface area contributed by atoms with E-state index in [0.717, 1.165) is 0 Å². The molecule has 0 spiro atoms. The molecule has 1 aromatic carbocycles. The van der Waals surface area contributed by atoms with Gasteiger partial charge >= 0.3 is 0 Å². The molecule has 1 amide bonds. The molecular formula is C24H27ClN6O3. The van der Waals surface area contributed by atoms with Crippen LogP contribution in [0.2, 0.25) is 5.02 Å². The molecule has 0 bridgehead atoms. The molecule has 1 atom stereocenters. The quantitative estimate of drug-likeness (QED) is 0.105. The van der Waals surface area contributed by atoms with Gasteiger partial charge in [0.2, 0.25) is 11.7 Å². The monoisotopic (exact) mass is 482 g/mol. The number of pyridine rings is 1. The van der Waals surface area contributed by atoms with Crippen LogP contribution in [-0.2, 0) is 9.47 Å². The predicted molar refractivity (Wildman–Crippen MR) is 132 cm³/mol. The van der Waals surface area contributed by atoms with Crippen LogP contribution in [0.5, 0.6) is 0 Å². The number of hydrogen-bond acceptors (Lipinski definition) is 6. The molecule has 34 heavy (non-hydrogen) atoms. The van der Waals surface area contributed by atoms with Gasteiger partial charge in [0.25, 0.3) is 5.91 Å². The van der Waals surface area contributed by atoms with Crippen LogP contribution in [0.15, 0.2) is 79.1 Å². The number of hydrogen-bond donors (Lipinski definition) is 3. The van der Waals surface area contributed by atoms with E-state index in [9.17, 15) is 10.1 Å². The van der Waals surface area contributed by atoms with Gasteiger partial charge in [0, 0.05) is 23.2 Å². The molecule has 3 N–H and O–H groups in total. The fourth-order valence-electron chi connectivity index (χ4n) is 2.90. The summed E-state index contributed by atoms with van der Waals surface area (Å²) in [5, 5.41) is 18.1. The number of anilines is 1. The van der Waals surface area contributed by atoms with E-state index in [0.29, 0.717) is 22.7 Å². The molecular weight excluding hydrogens is 456 g/mol. The second kappa shape index (κ2) is 13.7. The maximum atomic E-state index is 13.1. The van der Waals surface area contributed by atoms with E-state index in [-0.39, 0.29) is 19.2 Å². The lowest BCUT2D eigenvalue weighted by Gasteiger charge is -2.37. The van der Waals surface area contributed by atoms with Crippen LogP contribution in [0.4, 0.5) is 5.69 Å². The van der Waals surface area contributed by atoms with Crippen LogP contribution in [0.25, 0.3) is 0 Å². The third-order valence-corrected chi connectivity index (χ3v) is 4.78. The minimum atomic E-state index is -1.40. The average Bonchev–Trinajstić information content (AvgIpc) is 2.85. The summed E-state index contributed by atoms with van der Waals surface area (Å²) in [5.74, 6) is -1.78. The number of nitrogens with one attached hydrogen (secondary N) is 3. The standard InChI is InChI=1S/C24H27ClN6O3/c1-4-14-33-24(6-3,34-15-5-2)22(30-21(32)18-9-11-19(25)12-10-18)31-23(28-17-26)29-20-8-7-13-27-16-20/h4-5,7-13,16,22H,1-2,6,14-15H2,3H3,(H,30,32)(H2,28,29,31). The predicted octanol–water partition coefficient (Wildman–Crippen LogP) is 3.84. The van der Waals surface area contributed by atoms with Crippen LogP contribution >= 0.6 is 11.6 Å². The summed E-state index contributed by atoms with van der Waals surface area (Å²) >= 11 is 5.95. The van der Waals surface area contributed by atoms with E-state index in [4.69, 9.17) is 21.1 Å². The Morgan fingerprint density at radius 3 is 2.47 bits per heavy atom. The molecule has 10 heteroatoms. The molecule has 178 valence electrons. The fraction of sp³-hybridized carbons (Fsp3) is 0.250. The highest BCUT2D eigenvalue weighted by Crippen LogP contribution is 2.25. The number of aromatic nitrogens is 1. The minimum absolute atomic E-state index is 0.0548. The molecule has 0 fully saturated rings. The van der Waals surface area contributed by atoms with Crippen molar-refractivity contribution in [2.45, 2.75) is 25.3 Å². The summed E-state index contributed by atoms with van der Waals surface area (Å²) in [4.78, 5) is 21.7. The zero-order chi connectivity index (χ0) is 24.8. The summed E-state index contributed by atoms with van der Waals surface area (Å²) in [6, 6.07) is 9.86. The van der Waals surface area contributed by atoms with Crippen LogP contribution < -0.4 is 16.0 Å². The van der Waals surface area contributed by atoms with E-state index in [2.05, 4.69) is 39.1 Å². The van der Waals surface area contributed by atoms with Gasteiger partial charge in [-0.3, -0.25) is 15.1 Å². The Labute approximate surface area is 204 Å². The molecule has 0 saturated heterocycles. The minimum Gasteiger partial charge on any atom is -0.342 e. The second-order valence-electron chi connectivity index (χ2n) is 6.83. The Balaban J connectivity index is 2.51. The lowest BCUT2D eigenvalue weighted by atomic mass is 10.1. The van der Waals surface area contributed by atoms with Crippen LogP contribution in [0.1, 0.15) is 23.7 Å². The Morgan fingerprint density at radius 1 is 1.26 bits per heavy atom. The van der Waals surface area contributed by atoms with Gasteiger partial charge in [-0.15, -0.1) is 13.2 Å². The first kappa shape index (κ1) is 26.5. The average molecular weight is 483 g/mol. The molecule has 1 aromatic heterocycles. The van der Waals surface area contributed by atoms with Crippen molar-refractivity contribution < 1.29 is 14.3 Å². The normalized spacial score (nSPS) is 12.2. The van der Waals surface area contributed by atoms with Crippen LogP contribution in [-0.4, -0.2) is 42.0 Å². The van der Waals surface area contributed by atoms with E-state index in [1.807, 2.05) is 13.1 Å². The first-order valence-electron chi connectivity index (χ1n) is 10.4. The smallest absolute Gasteiger partial charge is 0.253 e. The number of guanidine groups is 1. The zero-order valence-electron chi connectivity index (χ0n) is 18.8. The van der Waals surface area contributed by atoms with Crippen molar-refractivity contribution in [3.8, 4) is 6.19 Å². The highest BCUT2D eigenvalue weighted by atomic mass is 35.5. The van der Waals surface area contributed by atoms with Crippen molar-refractivity contribution in [1.82, 2.24) is 15.6 Å². The number of amides is 1. The molecule has 2 aromatic rings. The van der Waals surface area contributed by atoms with Gasteiger partial charge < -0.3 is 20.1 Å². The topological polar surface area (TPSA) is 121 Å². The maximum absolute atomic E-state index is 13.1. The summed E-state index contributed by atoms with van der Waals surface area (Å²) in [6.45, 7) is 9.47. The third-order valence-electron chi connectivity index (χ3n) is 4.53. The van der Waals surface area contributed by atoms with Gasteiger partial charge in [-0.2, -0.15) is 5.26 Å². The number of halogens is 1. The number of nitriles is 1.